The first kappa shape index (κ1) is 11.8. The molecule has 0 saturated carbocycles. The summed E-state index contributed by atoms with van der Waals surface area (Å²) in [7, 11) is 1.90. The van der Waals surface area contributed by atoms with E-state index in [9.17, 15) is 4.39 Å². The fourth-order valence-corrected chi connectivity index (χ4v) is 2.32. The predicted octanol–water partition coefficient (Wildman–Crippen LogP) is 2.93. The van der Waals surface area contributed by atoms with Crippen molar-refractivity contribution < 1.29 is 4.39 Å². The van der Waals surface area contributed by atoms with Crippen molar-refractivity contribution in [2.75, 3.05) is 19.3 Å². The largest absolute Gasteiger partial charge is 0.319 e. The zero-order valence-corrected chi connectivity index (χ0v) is 9.59. The topological polar surface area (TPSA) is 12.0 Å². The molecule has 14 heavy (non-hydrogen) atoms. The molecule has 78 valence electrons. The van der Waals surface area contributed by atoms with E-state index in [2.05, 4.69) is 5.32 Å². The molecule has 1 nitrogen and oxygen atoms in total. The van der Waals surface area contributed by atoms with Gasteiger partial charge >= 0.3 is 0 Å². The molecule has 0 aliphatic heterocycles. The maximum absolute atomic E-state index is 13.2. The minimum absolute atomic E-state index is 0.213. The number of hydrogen-bond acceptors (Lipinski definition) is 2. The van der Waals surface area contributed by atoms with Crippen LogP contribution < -0.4 is 5.32 Å². The Kier molecular flexibility index (Phi) is 5.30. The van der Waals surface area contributed by atoms with Crippen LogP contribution in [0.1, 0.15) is 5.56 Å². The summed E-state index contributed by atoms with van der Waals surface area (Å²) in [6, 6.07) is 4.79. The second-order valence-corrected chi connectivity index (χ2v) is 4.37. The number of thioether (sulfide) groups is 1. The molecular formula is C10H13ClFNS. The predicted molar refractivity (Wildman–Crippen MR) is 61.5 cm³/mol. The minimum Gasteiger partial charge on any atom is -0.319 e. The molecular weight excluding hydrogens is 221 g/mol. The van der Waals surface area contributed by atoms with Crippen LogP contribution in [0.15, 0.2) is 18.2 Å². The first-order valence-corrected chi connectivity index (χ1v) is 5.94. The van der Waals surface area contributed by atoms with Crippen molar-refractivity contribution in [2.45, 2.75) is 5.75 Å². The van der Waals surface area contributed by atoms with Crippen LogP contribution in [-0.4, -0.2) is 19.3 Å². The zero-order chi connectivity index (χ0) is 10.4. The SMILES string of the molecule is CNCCSCc1c(F)cccc1Cl. The lowest BCUT2D eigenvalue weighted by Gasteiger charge is -2.05. The maximum Gasteiger partial charge on any atom is 0.128 e. The van der Waals surface area contributed by atoms with Crippen LogP contribution in [0, 0.1) is 5.82 Å². The first-order chi connectivity index (χ1) is 6.75. The monoisotopic (exact) mass is 233 g/mol. The molecule has 1 aromatic carbocycles. The van der Waals surface area contributed by atoms with Gasteiger partial charge in [0, 0.05) is 28.6 Å². The van der Waals surface area contributed by atoms with E-state index in [0.29, 0.717) is 16.3 Å². The molecule has 0 heterocycles. The Bertz CT molecular complexity index is 273. The van der Waals surface area contributed by atoms with Gasteiger partial charge in [0.1, 0.15) is 5.82 Å². The quantitative estimate of drug-likeness (QED) is 0.785. The summed E-state index contributed by atoms with van der Waals surface area (Å²) in [6.45, 7) is 0.927. The van der Waals surface area contributed by atoms with Crippen molar-refractivity contribution in [3.05, 3.63) is 34.6 Å². The molecule has 0 aliphatic rings. The van der Waals surface area contributed by atoms with E-state index in [0.717, 1.165) is 12.3 Å². The van der Waals surface area contributed by atoms with E-state index in [1.807, 2.05) is 7.05 Å². The van der Waals surface area contributed by atoms with E-state index in [1.165, 1.54) is 6.07 Å². The number of rotatable bonds is 5. The zero-order valence-electron chi connectivity index (χ0n) is 8.02. The molecule has 0 aliphatic carbocycles. The number of benzene rings is 1. The van der Waals surface area contributed by atoms with E-state index in [-0.39, 0.29) is 5.82 Å². The Labute approximate surface area is 93.0 Å². The van der Waals surface area contributed by atoms with Gasteiger partial charge in [0.05, 0.1) is 0 Å². The van der Waals surface area contributed by atoms with E-state index < -0.39 is 0 Å². The molecule has 1 N–H and O–H groups in total. The minimum atomic E-state index is -0.213. The Balaban J connectivity index is 2.49. The smallest absolute Gasteiger partial charge is 0.128 e. The summed E-state index contributed by atoms with van der Waals surface area (Å²) in [5, 5.41) is 3.55. The molecule has 1 aromatic rings. The average Bonchev–Trinajstić information content (AvgIpc) is 2.16. The second-order valence-electron chi connectivity index (χ2n) is 2.86. The molecule has 0 fully saturated rings. The molecule has 0 unspecified atom stereocenters. The maximum atomic E-state index is 13.2. The highest BCUT2D eigenvalue weighted by Gasteiger charge is 2.05. The molecule has 4 heteroatoms. The fraction of sp³-hybridized carbons (Fsp3) is 0.400. The molecule has 0 bridgehead atoms. The molecule has 0 spiro atoms. The number of nitrogens with one attached hydrogen (secondary N) is 1. The number of hydrogen-bond donors (Lipinski definition) is 1. The average molecular weight is 234 g/mol. The Morgan fingerprint density at radius 1 is 1.50 bits per heavy atom. The summed E-state index contributed by atoms with van der Waals surface area (Å²) in [4.78, 5) is 0. The van der Waals surface area contributed by atoms with Crippen LogP contribution in [0.3, 0.4) is 0 Å². The molecule has 0 aromatic heterocycles. The molecule has 1 rings (SSSR count). The Hall–Kier alpha value is -0.250. The van der Waals surface area contributed by atoms with Gasteiger partial charge in [-0.3, -0.25) is 0 Å². The van der Waals surface area contributed by atoms with Crippen molar-refractivity contribution in [3.63, 3.8) is 0 Å². The van der Waals surface area contributed by atoms with E-state index in [1.54, 1.807) is 23.9 Å². The van der Waals surface area contributed by atoms with Gasteiger partial charge < -0.3 is 5.32 Å². The van der Waals surface area contributed by atoms with Crippen LogP contribution in [0.5, 0.6) is 0 Å². The molecule has 0 atom stereocenters. The lowest BCUT2D eigenvalue weighted by Crippen LogP contribution is -2.09. The highest BCUT2D eigenvalue weighted by molar-refractivity contribution is 7.98. The van der Waals surface area contributed by atoms with Crippen molar-refractivity contribution in [1.82, 2.24) is 5.32 Å². The Morgan fingerprint density at radius 2 is 2.29 bits per heavy atom. The highest BCUT2D eigenvalue weighted by Crippen LogP contribution is 2.23. The summed E-state index contributed by atoms with van der Waals surface area (Å²) in [5.74, 6) is 1.38. The van der Waals surface area contributed by atoms with E-state index >= 15 is 0 Å². The van der Waals surface area contributed by atoms with Crippen LogP contribution in [-0.2, 0) is 5.75 Å². The van der Waals surface area contributed by atoms with Crippen molar-refractivity contribution in [2.24, 2.45) is 0 Å². The summed E-state index contributed by atoms with van der Waals surface area (Å²) >= 11 is 7.55. The van der Waals surface area contributed by atoms with Crippen LogP contribution in [0.2, 0.25) is 5.02 Å². The second kappa shape index (κ2) is 6.27. The summed E-state index contributed by atoms with van der Waals surface area (Å²) < 4.78 is 13.2. The third-order valence-corrected chi connectivity index (χ3v) is 3.14. The standard InChI is InChI=1S/C10H13ClFNS/c1-13-5-6-14-7-8-9(11)3-2-4-10(8)12/h2-4,13H,5-7H2,1H3. The van der Waals surface area contributed by atoms with Crippen LogP contribution in [0.25, 0.3) is 0 Å². The van der Waals surface area contributed by atoms with E-state index in [4.69, 9.17) is 11.6 Å². The lowest BCUT2D eigenvalue weighted by atomic mass is 10.2. The van der Waals surface area contributed by atoms with Gasteiger partial charge in [-0.15, -0.1) is 0 Å². The summed E-state index contributed by atoms with van der Waals surface area (Å²) in [5.41, 5.74) is 0.607. The van der Waals surface area contributed by atoms with Gasteiger partial charge in [0.25, 0.3) is 0 Å². The van der Waals surface area contributed by atoms with Crippen LogP contribution >= 0.6 is 23.4 Å². The molecule has 0 radical (unpaired) electrons. The Morgan fingerprint density at radius 3 is 2.93 bits per heavy atom. The van der Waals surface area contributed by atoms with Crippen molar-refractivity contribution in [1.29, 1.82) is 0 Å². The van der Waals surface area contributed by atoms with Gasteiger partial charge in [-0.25, -0.2) is 4.39 Å². The van der Waals surface area contributed by atoms with Crippen molar-refractivity contribution in [3.8, 4) is 0 Å². The van der Waals surface area contributed by atoms with Gasteiger partial charge in [-0.2, -0.15) is 11.8 Å². The normalized spacial score (nSPS) is 10.5. The highest BCUT2D eigenvalue weighted by atomic mass is 35.5. The third-order valence-electron chi connectivity index (χ3n) is 1.80. The molecule has 0 amide bonds. The van der Waals surface area contributed by atoms with Gasteiger partial charge in [0.2, 0.25) is 0 Å². The third kappa shape index (κ3) is 3.48. The van der Waals surface area contributed by atoms with Gasteiger partial charge in [-0.05, 0) is 19.2 Å². The van der Waals surface area contributed by atoms with Gasteiger partial charge in [0.15, 0.2) is 0 Å². The molecule has 0 saturated heterocycles. The summed E-state index contributed by atoms with van der Waals surface area (Å²) in [6.07, 6.45) is 0. The van der Waals surface area contributed by atoms with Gasteiger partial charge in [-0.1, -0.05) is 17.7 Å². The first-order valence-electron chi connectivity index (χ1n) is 4.41. The number of halogens is 2. The lowest BCUT2D eigenvalue weighted by molar-refractivity contribution is 0.617. The van der Waals surface area contributed by atoms with Crippen LogP contribution in [0.4, 0.5) is 4.39 Å². The fourth-order valence-electron chi connectivity index (χ4n) is 1.02. The van der Waals surface area contributed by atoms with Crippen molar-refractivity contribution >= 4 is 23.4 Å².